The molecule has 3 aliphatic carbocycles. The molecule has 4 heterocycles. The molecule has 8 heteroatoms. The van der Waals surface area contributed by atoms with Crippen LogP contribution in [0.3, 0.4) is 0 Å². The lowest BCUT2D eigenvalue weighted by molar-refractivity contribution is 0.197. The van der Waals surface area contributed by atoms with E-state index in [1.807, 2.05) is 10.9 Å². The van der Waals surface area contributed by atoms with Crippen LogP contribution in [-0.4, -0.2) is 14.6 Å². The first-order valence-corrected chi connectivity index (χ1v) is 18.1. The highest BCUT2D eigenvalue weighted by molar-refractivity contribution is 5.94. The van der Waals surface area contributed by atoms with Crippen LogP contribution in [0, 0.1) is 5.92 Å². The molecule has 8 nitrogen and oxygen atoms in total. The van der Waals surface area contributed by atoms with Crippen molar-refractivity contribution < 1.29 is 0 Å². The highest BCUT2D eigenvalue weighted by Crippen LogP contribution is 2.49. The van der Waals surface area contributed by atoms with Crippen LogP contribution in [-0.2, 0) is 6.42 Å². The molecule has 0 saturated carbocycles. The Balaban J connectivity index is 1.00. The van der Waals surface area contributed by atoms with E-state index in [0.717, 1.165) is 49.3 Å². The number of nitrogens with zero attached hydrogens (tertiary/aromatic N) is 4. The van der Waals surface area contributed by atoms with Gasteiger partial charge in [-0.1, -0.05) is 97.1 Å². The van der Waals surface area contributed by atoms with Gasteiger partial charge in [0, 0.05) is 40.2 Å². The van der Waals surface area contributed by atoms with E-state index in [1.165, 1.54) is 55.9 Å². The van der Waals surface area contributed by atoms with Gasteiger partial charge in [-0.25, -0.2) is 9.97 Å². The van der Waals surface area contributed by atoms with Gasteiger partial charge >= 0.3 is 0 Å². The van der Waals surface area contributed by atoms with Crippen LogP contribution < -0.4 is 26.7 Å². The van der Waals surface area contributed by atoms with Crippen molar-refractivity contribution in [3.05, 3.63) is 172 Å². The van der Waals surface area contributed by atoms with Crippen LogP contribution in [0.1, 0.15) is 78.0 Å². The van der Waals surface area contributed by atoms with Gasteiger partial charge in [-0.05, 0) is 84.2 Å². The normalized spacial score (nSPS) is 23.9. The molecule has 51 heavy (non-hydrogen) atoms. The number of nitrogens with one attached hydrogen (secondary N) is 3. The molecule has 0 amide bonds. The second kappa shape index (κ2) is 12.3. The van der Waals surface area contributed by atoms with Crippen molar-refractivity contribution >= 4 is 28.4 Å². The average molecular weight is 669 g/mol. The van der Waals surface area contributed by atoms with Gasteiger partial charge in [-0.15, -0.1) is 0 Å². The number of hydrogen-bond donors (Lipinski definition) is 4. The predicted molar refractivity (Wildman–Crippen MR) is 204 cm³/mol. The molecule has 5 aliphatic rings. The van der Waals surface area contributed by atoms with E-state index in [2.05, 4.69) is 142 Å². The number of hydrogen-bond acceptors (Lipinski definition) is 7. The van der Waals surface area contributed by atoms with E-state index in [1.54, 1.807) is 0 Å². The van der Waals surface area contributed by atoms with Crippen LogP contribution >= 0.6 is 0 Å². The molecule has 2 aromatic heterocycles. The number of anilines is 1. The minimum Gasteiger partial charge on any atom is -0.339 e. The summed E-state index contributed by atoms with van der Waals surface area (Å²) in [5.74, 6) is 8.44. The summed E-state index contributed by atoms with van der Waals surface area (Å²) in [6.07, 6.45) is 20.3. The highest BCUT2D eigenvalue weighted by atomic mass is 15.4. The first-order valence-electron chi connectivity index (χ1n) is 18.1. The lowest BCUT2D eigenvalue weighted by Crippen LogP contribution is -2.54. The summed E-state index contributed by atoms with van der Waals surface area (Å²) >= 11 is 0. The molecule has 0 radical (unpaired) electrons. The van der Waals surface area contributed by atoms with E-state index >= 15 is 0 Å². The number of benzene rings is 3. The molecular formula is C43H40N8. The second-order valence-corrected chi connectivity index (χ2v) is 14.0. The molecule has 3 unspecified atom stereocenters. The lowest BCUT2D eigenvalue weighted by Gasteiger charge is -2.39. The topological polar surface area (TPSA) is 96.1 Å². The second-order valence-electron chi connectivity index (χ2n) is 14.0. The van der Waals surface area contributed by atoms with Gasteiger partial charge < -0.3 is 10.7 Å². The number of allylic oxidation sites excluding steroid dienone is 8. The van der Waals surface area contributed by atoms with Crippen molar-refractivity contribution in [1.29, 1.82) is 0 Å². The minimum absolute atomic E-state index is 0.0855. The molecule has 5 aromatic rings. The Morgan fingerprint density at radius 3 is 2.25 bits per heavy atom. The van der Waals surface area contributed by atoms with E-state index in [0.29, 0.717) is 0 Å². The summed E-state index contributed by atoms with van der Waals surface area (Å²) in [6.45, 7) is 0. The molecule has 252 valence electrons. The van der Waals surface area contributed by atoms with Gasteiger partial charge in [0.05, 0.1) is 17.8 Å². The van der Waals surface area contributed by atoms with Crippen LogP contribution in [0.25, 0.3) is 22.6 Å². The fraction of sp³-hybridized carbons (Fsp3) is 0.209. The Labute approximate surface area is 297 Å². The van der Waals surface area contributed by atoms with E-state index < -0.39 is 0 Å². The molecule has 3 atom stereocenters. The van der Waals surface area contributed by atoms with Crippen LogP contribution in [0.15, 0.2) is 138 Å². The maximum absolute atomic E-state index is 6.55. The Bertz CT molecular complexity index is 2260. The maximum Gasteiger partial charge on any atom is 0.162 e. The SMILES string of the molecule is Nn1c2c(c3cc(C4=CC=C5C(C4)C4=C(CCC=C4)N5c4ccnc(C5NC(c6ccccc6)NC(c6ccccc6)N5)n4)ccc31)C=CCC2. The fourth-order valence-corrected chi connectivity index (χ4v) is 8.62. The Kier molecular flexibility index (Phi) is 7.34. The number of fused-ring (bicyclic) bond motifs is 5. The Morgan fingerprint density at radius 1 is 0.745 bits per heavy atom. The first kappa shape index (κ1) is 30.3. The van der Waals surface area contributed by atoms with Gasteiger partial charge in [0.2, 0.25) is 0 Å². The lowest BCUT2D eigenvalue weighted by atomic mass is 9.83. The summed E-state index contributed by atoms with van der Waals surface area (Å²) < 4.78 is 1.89. The monoisotopic (exact) mass is 668 g/mol. The first-order chi connectivity index (χ1) is 25.2. The molecule has 3 aromatic carbocycles. The number of rotatable bonds is 5. The van der Waals surface area contributed by atoms with Gasteiger partial charge in [0.1, 0.15) is 12.0 Å². The van der Waals surface area contributed by atoms with E-state index in [4.69, 9.17) is 15.8 Å². The van der Waals surface area contributed by atoms with Crippen LogP contribution in [0.4, 0.5) is 5.82 Å². The average Bonchev–Trinajstić information content (AvgIpc) is 3.69. The van der Waals surface area contributed by atoms with Crippen molar-refractivity contribution in [2.24, 2.45) is 5.92 Å². The zero-order valence-electron chi connectivity index (χ0n) is 28.3. The van der Waals surface area contributed by atoms with Gasteiger partial charge in [0.25, 0.3) is 0 Å². The molecule has 5 N–H and O–H groups in total. The predicted octanol–water partition coefficient (Wildman–Crippen LogP) is 7.69. The quantitative estimate of drug-likeness (QED) is 0.143. The van der Waals surface area contributed by atoms with Crippen LogP contribution in [0.5, 0.6) is 0 Å². The van der Waals surface area contributed by atoms with Crippen LogP contribution in [0.2, 0.25) is 0 Å². The Hall–Kier alpha value is -5.54. The van der Waals surface area contributed by atoms with E-state index in [9.17, 15) is 0 Å². The molecular weight excluding hydrogens is 629 g/mol. The van der Waals surface area contributed by atoms with Crippen molar-refractivity contribution in [1.82, 2.24) is 30.6 Å². The molecule has 1 fully saturated rings. The van der Waals surface area contributed by atoms with Crippen molar-refractivity contribution in [3.8, 4) is 0 Å². The fourth-order valence-electron chi connectivity index (χ4n) is 8.62. The zero-order chi connectivity index (χ0) is 33.9. The third-order valence-electron chi connectivity index (χ3n) is 11.1. The molecule has 0 bridgehead atoms. The highest BCUT2D eigenvalue weighted by Gasteiger charge is 2.39. The molecule has 1 saturated heterocycles. The zero-order valence-corrected chi connectivity index (χ0v) is 28.3. The third kappa shape index (κ3) is 5.17. The Morgan fingerprint density at radius 2 is 1.47 bits per heavy atom. The minimum atomic E-state index is -0.273. The third-order valence-corrected chi connectivity index (χ3v) is 11.1. The smallest absolute Gasteiger partial charge is 0.162 e. The van der Waals surface area contributed by atoms with Gasteiger partial charge in [-0.2, -0.15) is 0 Å². The van der Waals surface area contributed by atoms with Crippen molar-refractivity contribution in [3.63, 3.8) is 0 Å². The summed E-state index contributed by atoms with van der Waals surface area (Å²) in [4.78, 5) is 12.5. The standard InChI is InChI=1S/C43H40N8/c44-51-37-18-10-8-16-32(37)34-26-30(20-22-38(34)51)29-19-21-36-33(25-29)31-15-7-9-17-35(31)50(36)39-23-24-45-42(46-39)43-48-40(27-11-3-1-4-12-27)47-41(49-43)28-13-5-2-6-14-28/h1-8,11-16,19-24,26,33,40-41,43,47-49H,9-10,17-18,25,44H2. The molecule has 2 aliphatic heterocycles. The summed E-state index contributed by atoms with van der Waals surface area (Å²) in [7, 11) is 0. The number of nitrogens with two attached hydrogens (primary N) is 1. The van der Waals surface area contributed by atoms with Crippen molar-refractivity contribution in [2.75, 3.05) is 10.7 Å². The van der Waals surface area contributed by atoms with E-state index in [-0.39, 0.29) is 24.4 Å². The van der Waals surface area contributed by atoms with Crippen molar-refractivity contribution in [2.45, 2.75) is 50.6 Å². The maximum atomic E-state index is 6.55. The van der Waals surface area contributed by atoms with Gasteiger partial charge in [0.15, 0.2) is 5.82 Å². The molecule has 0 spiro atoms. The summed E-state index contributed by atoms with van der Waals surface area (Å²) in [5.41, 5.74) is 12.6. The number of aromatic nitrogens is 3. The van der Waals surface area contributed by atoms with Gasteiger partial charge in [-0.3, -0.25) is 20.6 Å². The molecule has 10 rings (SSSR count). The summed E-state index contributed by atoms with van der Waals surface area (Å²) in [5, 5.41) is 12.5. The largest absolute Gasteiger partial charge is 0.339 e. The number of nitrogen functional groups attached to an aromatic ring is 1. The summed E-state index contributed by atoms with van der Waals surface area (Å²) in [6, 6.07) is 29.8.